The molecule has 0 bridgehead atoms. The number of hydrogen-bond acceptors (Lipinski definition) is 5. The number of hydrogen-bond donors (Lipinski definition) is 1. The molecule has 0 unspecified atom stereocenters. The summed E-state index contributed by atoms with van der Waals surface area (Å²) in [6.07, 6.45) is 3.51. The topological polar surface area (TPSA) is 78.8 Å². The van der Waals surface area contributed by atoms with E-state index in [9.17, 15) is 14.4 Å². The molecule has 1 aromatic heterocycles. The quantitative estimate of drug-likeness (QED) is 0.498. The van der Waals surface area contributed by atoms with E-state index >= 15 is 0 Å². The van der Waals surface area contributed by atoms with Crippen LogP contribution in [0.5, 0.6) is 5.75 Å². The summed E-state index contributed by atoms with van der Waals surface area (Å²) >= 11 is 1.25. The van der Waals surface area contributed by atoms with Gasteiger partial charge in [-0.3, -0.25) is 4.79 Å². The van der Waals surface area contributed by atoms with Crippen LogP contribution in [-0.2, 0) is 0 Å². The third kappa shape index (κ3) is 3.90. The van der Waals surface area contributed by atoms with Crippen LogP contribution in [0.4, 0.5) is 4.39 Å². The minimum Gasteiger partial charge on any atom is -0.490 e. The fourth-order valence-corrected chi connectivity index (χ4v) is 2.33. The van der Waals surface area contributed by atoms with Crippen molar-refractivity contribution in [3.8, 4) is 23.1 Å². The van der Waals surface area contributed by atoms with Gasteiger partial charge in [0.05, 0.1) is 12.3 Å². The van der Waals surface area contributed by atoms with Crippen molar-refractivity contribution >= 4 is 11.8 Å². The molecule has 0 spiro atoms. The summed E-state index contributed by atoms with van der Waals surface area (Å²) in [5.74, 6) is -0.397. The van der Waals surface area contributed by atoms with E-state index in [-0.39, 0.29) is 17.0 Å². The zero-order valence-electron chi connectivity index (χ0n) is 12.9. The number of H-pyrrole nitrogens is 1. The van der Waals surface area contributed by atoms with Gasteiger partial charge < -0.3 is 9.72 Å². The molecule has 0 aliphatic rings. The summed E-state index contributed by atoms with van der Waals surface area (Å²) in [6, 6.07) is 6.05. The maximum absolute atomic E-state index is 13.8. The SMILES string of the molecule is CCCCOc1cc(-c2nc(SC)[nH]c(=O)c2C#N)ccc1F. The second-order valence-corrected chi connectivity index (χ2v) is 5.55. The third-order valence-corrected chi connectivity index (χ3v) is 3.74. The molecule has 0 saturated heterocycles. The summed E-state index contributed by atoms with van der Waals surface area (Å²) in [7, 11) is 0. The first-order chi connectivity index (χ1) is 11.1. The van der Waals surface area contributed by atoms with Crippen LogP contribution in [0.3, 0.4) is 0 Å². The number of halogens is 1. The van der Waals surface area contributed by atoms with Crippen LogP contribution in [0.2, 0.25) is 0 Å². The van der Waals surface area contributed by atoms with Gasteiger partial charge >= 0.3 is 0 Å². The van der Waals surface area contributed by atoms with Crippen LogP contribution in [-0.4, -0.2) is 22.8 Å². The minimum absolute atomic E-state index is 0.0904. The average Bonchev–Trinajstić information content (AvgIpc) is 2.56. The van der Waals surface area contributed by atoms with Crippen molar-refractivity contribution in [1.82, 2.24) is 9.97 Å². The number of benzene rings is 1. The number of rotatable bonds is 6. The molecule has 0 aliphatic heterocycles. The molecule has 5 nitrogen and oxygen atoms in total. The first-order valence-electron chi connectivity index (χ1n) is 7.11. The van der Waals surface area contributed by atoms with Gasteiger partial charge in [-0.15, -0.1) is 0 Å². The number of aromatic nitrogens is 2. The van der Waals surface area contributed by atoms with E-state index < -0.39 is 11.4 Å². The monoisotopic (exact) mass is 333 g/mol. The lowest BCUT2D eigenvalue weighted by molar-refractivity contribution is 0.294. The molecule has 7 heteroatoms. The largest absolute Gasteiger partial charge is 0.490 e. The number of nitrogens with zero attached hydrogens (tertiary/aromatic N) is 2. The van der Waals surface area contributed by atoms with Crippen LogP contribution in [0.1, 0.15) is 25.3 Å². The standard InChI is InChI=1S/C16H16FN3O2S/c1-3-4-7-22-13-8-10(5-6-12(13)17)14-11(9-18)15(21)20-16(19-14)23-2/h5-6,8H,3-4,7H2,1-2H3,(H,19,20,21). The number of unbranched alkanes of at least 4 members (excludes halogenated alkanes) is 1. The number of ether oxygens (including phenoxy) is 1. The van der Waals surface area contributed by atoms with Crippen LogP contribution >= 0.6 is 11.8 Å². The van der Waals surface area contributed by atoms with E-state index in [2.05, 4.69) is 9.97 Å². The Kier molecular flexibility index (Phi) is 5.77. The third-order valence-electron chi connectivity index (χ3n) is 3.16. The maximum Gasteiger partial charge on any atom is 0.270 e. The molecule has 0 amide bonds. The van der Waals surface area contributed by atoms with E-state index in [0.717, 1.165) is 12.8 Å². The predicted octanol–water partition coefficient (Wildman–Crippen LogP) is 3.35. The van der Waals surface area contributed by atoms with Crippen molar-refractivity contribution in [2.24, 2.45) is 0 Å². The molecule has 1 aromatic carbocycles. The fraction of sp³-hybridized carbons (Fsp3) is 0.312. The summed E-state index contributed by atoms with van der Waals surface area (Å²) < 4.78 is 19.3. The molecule has 1 N–H and O–H groups in total. The van der Waals surface area contributed by atoms with Gasteiger partial charge in [0, 0.05) is 5.56 Å². The first kappa shape index (κ1) is 17.0. The van der Waals surface area contributed by atoms with Crippen LogP contribution in [0, 0.1) is 17.1 Å². The van der Waals surface area contributed by atoms with Gasteiger partial charge in [-0.1, -0.05) is 25.1 Å². The highest BCUT2D eigenvalue weighted by atomic mass is 32.2. The highest BCUT2D eigenvalue weighted by Crippen LogP contribution is 2.27. The van der Waals surface area contributed by atoms with Crippen molar-refractivity contribution < 1.29 is 9.13 Å². The number of nitriles is 1. The Balaban J connectivity index is 2.50. The number of nitrogens with one attached hydrogen (secondary N) is 1. The molecule has 0 atom stereocenters. The second-order valence-electron chi connectivity index (χ2n) is 4.76. The van der Waals surface area contributed by atoms with Gasteiger partial charge in [0.15, 0.2) is 16.7 Å². The van der Waals surface area contributed by atoms with Gasteiger partial charge in [0.2, 0.25) is 0 Å². The van der Waals surface area contributed by atoms with Crippen molar-refractivity contribution in [2.45, 2.75) is 24.9 Å². The molecule has 2 rings (SSSR count). The maximum atomic E-state index is 13.8. The molecule has 1 heterocycles. The lowest BCUT2D eigenvalue weighted by Gasteiger charge is -2.10. The van der Waals surface area contributed by atoms with Gasteiger partial charge in [0.1, 0.15) is 11.6 Å². The van der Waals surface area contributed by atoms with E-state index in [1.165, 1.54) is 30.0 Å². The highest BCUT2D eigenvalue weighted by Gasteiger charge is 2.15. The van der Waals surface area contributed by atoms with E-state index in [0.29, 0.717) is 17.3 Å². The molecule has 120 valence electrons. The predicted molar refractivity (Wildman–Crippen MR) is 87.2 cm³/mol. The summed E-state index contributed by atoms with van der Waals surface area (Å²) in [5.41, 5.74) is 0.0744. The zero-order chi connectivity index (χ0) is 16.8. The molecule has 0 fully saturated rings. The Morgan fingerprint density at radius 1 is 1.48 bits per heavy atom. The van der Waals surface area contributed by atoms with Crippen molar-refractivity contribution in [3.05, 3.63) is 39.9 Å². The Hall–Kier alpha value is -2.33. The van der Waals surface area contributed by atoms with Gasteiger partial charge in [-0.05, 0) is 30.9 Å². The van der Waals surface area contributed by atoms with Crippen LogP contribution in [0.15, 0.2) is 28.2 Å². The van der Waals surface area contributed by atoms with Gasteiger partial charge in [-0.2, -0.15) is 5.26 Å². The van der Waals surface area contributed by atoms with E-state index in [1.54, 1.807) is 6.26 Å². The van der Waals surface area contributed by atoms with Gasteiger partial charge in [0.25, 0.3) is 5.56 Å². The average molecular weight is 333 g/mol. The molecule has 23 heavy (non-hydrogen) atoms. The zero-order valence-corrected chi connectivity index (χ0v) is 13.7. The fourth-order valence-electron chi connectivity index (χ4n) is 1.95. The normalized spacial score (nSPS) is 10.3. The molecular weight excluding hydrogens is 317 g/mol. The highest BCUT2D eigenvalue weighted by molar-refractivity contribution is 7.98. The summed E-state index contributed by atoms with van der Waals surface area (Å²) in [6.45, 7) is 2.42. The van der Waals surface area contributed by atoms with Gasteiger partial charge in [-0.25, -0.2) is 9.37 Å². The van der Waals surface area contributed by atoms with Crippen LogP contribution in [0.25, 0.3) is 11.3 Å². The first-order valence-corrected chi connectivity index (χ1v) is 8.34. The number of thioether (sulfide) groups is 1. The molecule has 2 aromatic rings. The Labute approximate surface area is 137 Å². The Morgan fingerprint density at radius 2 is 2.26 bits per heavy atom. The Morgan fingerprint density at radius 3 is 2.91 bits per heavy atom. The molecule has 0 saturated carbocycles. The molecule has 0 aliphatic carbocycles. The smallest absolute Gasteiger partial charge is 0.270 e. The van der Waals surface area contributed by atoms with Crippen molar-refractivity contribution in [2.75, 3.05) is 12.9 Å². The minimum atomic E-state index is -0.514. The second kappa shape index (κ2) is 7.79. The van der Waals surface area contributed by atoms with Crippen molar-refractivity contribution in [1.29, 1.82) is 5.26 Å². The Bertz CT molecular complexity index is 799. The number of aromatic amines is 1. The lowest BCUT2D eigenvalue weighted by atomic mass is 10.1. The summed E-state index contributed by atoms with van der Waals surface area (Å²) in [5, 5.41) is 9.59. The van der Waals surface area contributed by atoms with E-state index in [4.69, 9.17) is 4.74 Å². The molecular formula is C16H16FN3O2S. The van der Waals surface area contributed by atoms with E-state index in [1.807, 2.05) is 13.0 Å². The summed E-state index contributed by atoms with van der Waals surface area (Å²) in [4.78, 5) is 18.7. The van der Waals surface area contributed by atoms with Crippen LogP contribution < -0.4 is 10.3 Å². The molecule has 0 radical (unpaired) electrons. The lowest BCUT2D eigenvalue weighted by Crippen LogP contribution is -2.14. The van der Waals surface area contributed by atoms with Crippen molar-refractivity contribution in [3.63, 3.8) is 0 Å².